The first-order valence-corrected chi connectivity index (χ1v) is 6.47. The molecular formula is C15H15FN2O. The maximum Gasteiger partial charge on any atom is 0.254 e. The second kappa shape index (κ2) is 4.61. The Bertz CT molecular complexity index is 674. The van der Waals surface area contributed by atoms with Crippen LogP contribution in [0.5, 0.6) is 0 Å². The smallest absolute Gasteiger partial charge is 0.254 e. The molecule has 1 heterocycles. The van der Waals surface area contributed by atoms with Gasteiger partial charge in [-0.1, -0.05) is 18.2 Å². The van der Waals surface area contributed by atoms with E-state index in [1.165, 1.54) is 12.1 Å². The molecule has 0 atom stereocenters. The van der Waals surface area contributed by atoms with E-state index in [-0.39, 0.29) is 17.9 Å². The van der Waals surface area contributed by atoms with Crippen LogP contribution in [0.2, 0.25) is 0 Å². The van der Waals surface area contributed by atoms with Crippen molar-refractivity contribution in [1.29, 1.82) is 0 Å². The Morgan fingerprint density at radius 2 is 2.11 bits per heavy atom. The van der Waals surface area contributed by atoms with Crippen LogP contribution in [0.3, 0.4) is 0 Å². The van der Waals surface area contributed by atoms with Crippen LogP contribution in [-0.4, -0.2) is 9.55 Å². The third kappa shape index (κ3) is 2.43. The van der Waals surface area contributed by atoms with Gasteiger partial charge in [-0.25, -0.2) is 9.37 Å². The topological polar surface area (TPSA) is 34.9 Å². The van der Waals surface area contributed by atoms with Crippen LogP contribution in [0, 0.1) is 12.7 Å². The van der Waals surface area contributed by atoms with Crippen molar-refractivity contribution in [3.63, 3.8) is 0 Å². The zero-order chi connectivity index (χ0) is 13.4. The van der Waals surface area contributed by atoms with Gasteiger partial charge in [0.15, 0.2) is 0 Å². The number of hydrogen-bond acceptors (Lipinski definition) is 2. The quantitative estimate of drug-likeness (QED) is 0.848. The average molecular weight is 258 g/mol. The molecule has 19 heavy (non-hydrogen) atoms. The van der Waals surface area contributed by atoms with Gasteiger partial charge in [0, 0.05) is 23.2 Å². The van der Waals surface area contributed by atoms with Gasteiger partial charge in [-0.3, -0.25) is 9.36 Å². The monoisotopic (exact) mass is 258 g/mol. The second-order valence-corrected chi connectivity index (χ2v) is 5.05. The van der Waals surface area contributed by atoms with Gasteiger partial charge < -0.3 is 0 Å². The predicted molar refractivity (Wildman–Crippen MR) is 70.7 cm³/mol. The van der Waals surface area contributed by atoms with Crippen molar-refractivity contribution >= 4 is 0 Å². The summed E-state index contributed by atoms with van der Waals surface area (Å²) >= 11 is 0. The summed E-state index contributed by atoms with van der Waals surface area (Å²) in [5.41, 5.74) is 1.16. The Hall–Kier alpha value is -1.97. The molecule has 1 aliphatic carbocycles. The average Bonchev–Trinajstić information content (AvgIpc) is 3.18. The van der Waals surface area contributed by atoms with E-state index in [0.29, 0.717) is 11.5 Å². The molecule has 4 heteroatoms. The lowest BCUT2D eigenvalue weighted by Crippen LogP contribution is -2.25. The SMILES string of the molecule is Cc1cc(=O)n(Cc2ccccc2F)c(C2CC2)n1. The fourth-order valence-electron chi connectivity index (χ4n) is 2.25. The number of hydrogen-bond donors (Lipinski definition) is 0. The molecule has 3 rings (SSSR count). The van der Waals surface area contributed by atoms with Crippen LogP contribution in [-0.2, 0) is 6.54 Å². The standard InChI is InChI=1S/C15H15FN2O/c1-10-8-14(19)18(15(17-10)11-6-7-11)9-12-4-2-3-5-13(12)16/h2-5,8,11H,6-7,9H2,1H3. The molecule has 0 N–H and O–H groups in total. The highest BCUT2D eigenvalue weighted by Gasteiger charge is 2.28. The van der Waals surface area contributed by atoms with E-state index in [9.17, 15) is 9.18 Å². The highest BCUT2D eigenvalue weighted by Crippen LogP contribution is 2.38. The molecule has 1 aliphatic rings. The van der Waals surface area contributed by atoms with Crippen LogP contribution < -0.4 is 5.56 Å². The van der Waals surface area contributed by atoms with Crippen molar-refractivity contribution in [2.45, 2.75) is 32.2 Å². The lowest BCUT2D eigenvalue weighted by Gasteiger charge is -2.12. The van der Waals surface area contributed by atoms with Crippen LogP contribution in [0.4, 0.5) is 4.39 Å². The molecular weight excluding hydrogens is 243 g/mol. The van der Waals surface area contributed by atoms with Crippen LogP contribution in [0.25, 0.3) is 0 Å². The fraction of sp³-hybridized carbons (Fsp3) is 0.333. The van der Waals surface area contributed by atoms with E-state index >= 15 is 0 Å². The molecule has 1 fully saturated rings. The zero-order valence-corrected chi connectivity index (χ0v) is 10.8. The molecule has 0 unspecified atom stereocenters. The van der Waals surface area contributed by atoms with Gasteiger partial charge in [0.1, 0.15) is 11.6 Å². The molecule has 0 aliphatic heterocycles. The minimum Gasteiger partial charge on any atom is -0.292 e. The molecule has 0 radical (unpaired) electrons. The minimum absolute atomic E-state index is 0.0994. The molecule has 1 aromatic heterocycles. The summed E-state index contributed by atoms with van der Waals surface area (Å²) in [6.07, 6.45) is 2.13. The normalized spacial score (nSPS) is 14.6. The number of halogens is 1. The van der Waals surface area contributed by atoms with Gasteiger partial charge in [-0.2, -0.15) is 0 Å². The Kier molecular flexibility index (Phi) is 2.93. The van der Waals surface area contributed by atoms with Gasteiger partial charge in [0.05, 0.1) is 6.54 Å². The Balaban J connectivity index is 2.05. The van der Waals surface area contributed by atoms with Crippen molar-refractivity contribution in [1.82, 2.24) is 9.55 Å². The number of aromatic nitrogens is 2. The summed E-state index contributed by atoms with van der Waals surface area (Å²) in [6, 6.07) is 8.06. The number of nitrogens with zero attached hydrogens (tertiary/aromatic N) is 2. The van der Waals surface area contributed by atoms with Gasteiger partial charge >= 0.3 is 0 Å². The Labute approximate surface area is 110 Å². The van der Waals surface area contributed by atoms with E-state index in [1.54, 1.807) is 22.8 Å². The van der Waals surface area contributed by atoms with Crippen molar-refractivity contribution in [3.8, 4) is 0 Å². The summed E-state index contributed by atoms with van der Waals surface area (Å²) in [7, 11) is 0. The van der Waals surface area contributed by atoms with E-state index in [4.69, 9.17) is 0 Å². The van der Waals surface area contributed by atoms with Crippen molar-refractivity contribution in [3.05, 3.63) is 63.6 Å². The largest absolute Gasteiger partial charge is 0.292 e. The Morgan fingerprint density at radius 3 is 2.79 bits per heavy atom. The van der Waals surface area contributed by atoms with Crippen molar-refractivity contribution in [2.24, 2.45) is 0 Å². The number of rotatable bonds is 3. The minimum atomic E-state index is -0.281. The molecule has 0 saturated heterocycles. The van der Waals surface area contributed by atoms with Crippen LogP contribution in [0.15, 0.2) is 35.1 Å². The molecule has 0 bridgehead atoms. The summed E-state index contributed by atoms with van der Waals surface area (Å²) in [6.45, 7) is 2.07. The van der Waals surface area contributed by atoms with E-state index in [2.05, 4.69) is 4.98 Å². The van der Waals surface area contributed by atoms with Crippen LogP contribution in [0.1, 0.15) is 35.8 Å². The molecule has 2 aromatic rings. The second-order valence-electron chi connectivity index (χ2n) is 5.05. The fourth-order valence-corrected chi connectivity index (χ4v) is 2.25. The predicted octanol–water partition coefficient (Wildman–Crippen LogP) is 2.62. The third-order valence-electron chi connectivity index (χ3n) is 3.39. The van der Waals surface area contributed by atoms with Gasteiger partial charge in [-0.05, 0) is 25.8 Å². The van der Waals surface area contributed by atoms with E-state index in [0.717, 1.165) is 24.4 Å². The van der Waals surface area contributed by atoms with Gasteiger partial charge in [0.2, 0.25) is 0 Å². The molecule has 3 nitrogen and oxygen atoms in total. The molecule has 1 saturated carbocycles. The van der Waals surface area contributed by atoms with Crippen LogP contribution >= 0.6 is 0 Å². The number of aryl methyl sites for hydroxylation is 1. The molecule has 0 spiro atoms. The summed E-state index contributed by atoms with van der Waals surface area (Å²) in [4.78, 5) is 16.6. The Morgan fingerprint density at radius 1 is 1.37 bits per heavy atom. The highest BCUT2D eigenvalue weighted by atomic mass is 19.1. The molecule has 1 aromatic carbocycles. The van der Waals surface area contributed by atoms with E-state index in [1.807, 2.05) is 6.92 Å². The molecule has 98 valence electrons. The maximum absolute atomic E-state index is 13.7. The summed E-state index contributed by atoms with van der Waals surface area (Å²) < 4.78 is 15.3. The summed E-state index contributed by atoms with van der Waals surface area (Å²) in [5, 5.41) is 0. The van der Waals surface area contributed by atoms with Crippen molar-refractivity contribution < 1.29 is 4.39 Å². The van der Waals surface area contributed by atoms with Gasteiger partial charge in [0.25, 0.3) is 5.56 Å². The summed E-state index contributed by atoms with van der Waals surface area (Å²) in [5.74, 6) is 0.879. The number of benzene rings is 1. The maximum atomic E-state index is 13.7. The first-order chi connectivity index (χ1) is 9.15. The lowest BCUT2D eigenvalue weighted by molar-refractivity contribution is 0.583. The first-order valence-electron chi connectivity index (χ1n) is 6.47. The lowest BCUT2D eigenvalue weighted by atomic mass is 10.2. The molecule has 0 amide bonds. The third-order valence-corrected chi connectivity index (χ3v) is 3.39. The zero-order valence-electron chi connectivity index (χ0n) is 10.8. The highest BCUT2D eigenvalue weighted by molar-refractivity contribution is 5.20. The first kappa shape index (κ1) is 12.1. The van der Waals surface area contributed by atoms with E-state index < -0.39 is 0 Å². The van der Waals surface area contributed by atoms with Crippen molar-refractivity contribution in [2.75, 3.05) is 0 Å². The van der Waals surface area contributed by atoms with Gasteiger partial charge in [-0.15, -0.1) is 0 Å².